The van der Waals surface area contributed by atoms with Crippen molar-refractivity contribution in [3.63, 3.8) is 0 Å². The predicted molar refractivity (Wildman–Crippen MR) is 78.3 cm³/mol. The second kappa shape index (κ2) is 5.60. The lowest BCUT2D eigenvalue weighted by Crippen LogP contribution is -1.96. The zero-order chi connectivity index (χ0) is 14.0. The molecule has 0 aliphatic rings. The maximum absolute atomic E-state index is 13.5. The van der Waals surface area contributed by atoms with Crippen molar-refractivity contribution in [1.29, 1.82) is 5.26 Å². The number of nitriles is 1. The Hall–Kier alpha value is -1.57. The zero-order valence-corrected chi connectivity index (χ0v) is 12.3. The smallest absolute Gasteiger partial charge is 0.139 e. The van der Waals surface area contributed by atoms with Crippen LogP contribution in [0.4, 0.5) is 15.8 Å². The van der Waals surface area contributed by atoms with Gasteiger partial charge in [0.05, 0.1) is 26.8 Å². The molecule has 0 saturated heterocycles. The van der Waals surface area contributed by atoms with Crippen LogP contribution in [0.2, 0.25) is 5.02 Å². The van der Waals surface area contributed by atoms with E-state index in [1.54, 1.807) is 24.3 Å². The second-order valence-corrected chi connectivity index (χ2v) is 5.27. The van der Waals surface area contributed by atoms with Gasteiger partial charge in [0.2, 0.25) is 0 Å². The van der Waals surface area contributed by atoms with Crippen LogP contribution in [0.15, 0.2) is 34.8 Å². The summed E-state index contributed by atoms with van der Waals surface area (Å²) in [6.07, 6.45) is 0. The molecule has 0 fully saturated rings. The summed E-state index contributed by atoms with van der Waals surface area (Å²) in [5.41, 5.74) is 2.63. The van der Waals surface area contributed by atoms with Crippen molar-refractivity contribution in [3.8, 4) is 6.07 Å². The van der Waals surface area contributed by atoms with Gasteiger partial charge in [-0.15, -0.1) is 0 Å². The molecule has 19 heavy (non-hydrogen) atoms. The molecule has 0 bridgehead atoms. The molecule has 0 aliphatic carbocycles. The largest absolute Gasteiger partial charge is 0.354 e. The van der Waals surface area contributed by atoms with Crippen molar-refractivity contribution in [2.45, 2.75) is 6.92 Å². The van der Waals surface area contributed by atoms with E-state index in [4.69, 9.17) is 16.9 Å². The van der Waals surface area contributed by atoms with Gasteiger partial charge in [-0.25, -0.2) is 4.39 Å². The van der Waals surface area contributed by atoms with E-state index < -0.39 is 0 Å². The summed E-state index contributed by atoms with van der Waals surface area (Å²) >= 11 is 9.20. The molecule has 2 aromatic carbocycles. The van der Waals surface area contributed by atoms with E-state index in [2.05, 4.69) is 21.2 Å². The highest BCUT2D eigenvalue weighted by atomic mass is 79.9. The first-order valence-corrected chi connectivity index (χ1v) is 6.60. The van der Waals surface area contributed by atoms with Crippen molar-refractivity contribution in [3.05, 3.63) is 56.8 Å². The molecule has 0 unspecified atom stereocenters. The average Bonchev–Trinajstić information content (AvgIpc) is 2.38. The van der Waals surface area contributed by atoms with Crippen molar-refractivity contribution in [2.75, 3.05) is 5.32 Å². The molecule has 96 valence electrons. The van der Waals surface area contributed by atoms with Gasteiger partial charge in [-0.1, -0.05) is 11.6 Å². The molecule has 0 saturated carbocycles. The number of nitrogens with one attached hydrogen (secondary N) is 1. The van der Waals surface area contributed by atoms with Gasteiger partial charge in [0, 0.05) is 5.69 Å². The molecular formula is C14H9BrClFN2. The Kier molecular flexibility index (Phi) is 4.08. The Morgan fingerprint density at radius 3 is 2.63 bits per heavy atom. The van der Waals surface area contributed by atoms with Gasteiger partial charge in [0.15, 0.2) is 0 Å². The van der Waals surface area contributed by atoms with E-state index >= 15 is 0 Å². The highest BCUT2D eigenvalue weighted by Gasteiger charge is 2.08. The number of halogens is 3. The predicted octanol–water partition coefficient (Wildman–Crippen LogP) is 5.17. The molecule has 0 amide bonds. The molecule has 5 heteroatoms. The van der Waals surface area contributed by atoms with Gasteiger partial charge < -0.3 is 5.32 Å². The Morgan fingerprint density at radius 1 is 1.26 bits per heavy atom. The standard InChI is InChI=1S/C14H9BrClFN2/c1-8-4-10(15)12(17)6-14(8)19-13-3-2-9(7-18)5-11(13)16/h2-6,19H,1H3. The van der Waals surface area contributed by atoms with Gasteiger partial charge >= 0.3 is 0 Å². The summed E-state index contributed by atoms with van der Waals surface area (Å²) in [7, 11) is 0. The summed E-state index contributed by atoms with van der Waals surface area (Å²) in [6.45, 7) is 1.87. The van der Waals surface area contributed by atoms with Gasteiger partial charge in [-0.05, 0) is 58.7 Å². The van der Waals surface area contributed by atoms with E-state index in [0.717, 1.165) is 5.56 Å². The lowest BCUT2D eigenvalue weighted by molar-refractivity contribution is 0.621. The van der Waals surface area contributed by atoms with Crippen molar-refractivity contribution in [1.82, 2.24) is 0 Å². The zero-order valence-electron chi connectivity index (χ0n) is 9.97. The van der Waals surface area contributed by atoms with Gasteiger partial charge in [0.25, 0.3) is 0 Å². The van der Waals surface area contributed by atoms with Crippen LogP contribution in [0.1, 0.15) is 11.1 Å². The van der Waals surface area contributed by atoms with E-state index in [9.17, 15) is 4.39 Å². The molecule has 2 rings (SSSR count). The molecule has 0 spiro atoms. The third-order valence-corrected chi connectivity index (χ3v) is 3.56. The molecule has 2 nitrogen and oxygen atoms in total. The Morgan fingerprint density at radius 2 is 2.00 bits per heavy atom. The minimum atomic E-state index is -0.349. The molecule has 2 aromatic rings. The number of rotatable bonds is 2. The van der Waals surface area contributed by atoms with Crippen LogP contribution in [0.3, 0.4) is 0 Å². The van der Waals surface area contributed by atoms with Crippen LogP contribution in [0.25, 0.3) is 0 Å². The van der Waals surface area contributed by atoms with Crippen LogP contribution in [-0.4, -0.2) is 0 Å². The second-order valence-electron chi connectivity index (χ2n) is 4.01. The first kappa shape index (κ1) is 13.9. The minimum absolute atomic E-state index is 0.349. The maximum Gasteiger partial charge on any atom is 0.139 e. The van der Waals surface area contributed by atoms with Crippen LogP contribution >= 0.6 is 27.5 Å². The summed E-state index contributed by atoms with van der Waals surface area (Å²) < 4.78 is 13.9. The molecule has 0 aliphatic heterocycles. The fourth-order valence-corrected chi connectivity index (χ4v) is 2.30. The molecule has 0 heterocycles. The molecule has 0 atom stereocenters. The summed E-state index contributed by atoms with van der Waals surface area (Å²) in [4.78, 5) is 0. The fraction of sp³-hybridized carbons (Fsp3) is 0.0714. The Balaban J connectivity index is 2.37. The highest BCUT2D eigenvalue weighted by molar-refractivity contribution is 9.10. The lowest BCUT2D eigenvalue weighted by atomic mass is 10.1. The molecule has 1 N–H and O–H groups in total. The van der Waals surface area contributed by atoms with Gasteiger partial charge in [0.1, 0.15) is 5.82 Å². The molecule has 0 radical (unpaired) electrons. The van der Waals surface area contributed by atoms with Crippen LogP contribution in [0.5, 0.6) is 0 Å². The number of nitrogens with zero attached hydrogens (tertiary/aromatic N) is 1. The summed E-state index contributed by atoms with van der Waals surface area (Å²) in [6, 6.07) is 10.0. The van der Waals surface area contributed by atoms with Gasteiger partial charge in [-0.3, -0.25) is 0 Å². The monoisotopic (exact) mass is 338 g/mol. The van der Waals surface area contributed by atoms with E-state index in [1.807, 2.05) is 13.0 Å². The molecule has 0 aromatic heterocycles. The number of hydrogen-bond donors (Lipinski definition) is 1. The normalized spacial score (nSPS) is 10.1. The quantitative estimate of drug-likeness (QED) is 0.819. The van der Waals surface area contributed by atoms with Crippen molar-refractivity contribution < 1.29 is 4.39 Å². The van der Waals surface area contributed by atoms with E-state index in [0.29, 0.717) is 26.4 Å². The number of benzene rings is 2. The summed E-state index contributed by atoms with van der Waals surface area (Å²) in [5.74, 6) is -0.349. The topological polar surface area (TPSA) is 35.8 Å². The average molecular weight is 340 g/mol. The number of anilines is 2. The first-order chi connectivity index (χ1) is 9.01. The minimum Gasteiger partial charge on any atom is -0.354 e. The third-order valence-electron chi connectivity index (χ3n) is 2.63. The Labute approximate surface area is 123 Å². The maximum atomic E-state index is 13.5. The lowest BCUT2D eigenvalue weighted by Gasteiger charge is -2.12. The number of aryl methyl sites for hydroxylation is 1. The van der Waals surface area contributed by atoms with Crippen LogP contribution in [-0.2, 0) is 0 Å². The SMILES string of the molecule is Cc1cc(Br)c(F)cc1Nc1ccc(C#N)cc1Cl. The molecular weight excluding hydrogens is 331 g/mol. The van der Waals surface area contributed by atoms with Crippen molar-refractivity contribution >= 4 is 38.9 Å². The van der Waals surface area contributed by atoms with Crippen molar-refractivity contribution in [2.24, 2.45) is 0 Å². The van der Waals surface area contributed by atoms with Gasteiger partial charge in [-0.2, -0.15) is 5.26 Å². The van der Waals surface area contributed by atoms with Crippen LogP contribution < -0.4 is 5.32 Å². The fourth-order valence-electron chi connectivity index (χ4n) is 1.61. The highest BCUT2D eigenvalue weighted by Crippen LogP contribution is 2.30. The van der Waals surface area contributed by atoms with E-state index in [1.165, 1.54) is 6.07 Å². The van der Waals surface area contributed by atoms with Crippen LogP contribution in [0, 0.1) is 24.1 Å². The first-order valence-electron chi connectivity index (χ1n) is 5.43. The number of hydrogen-bond acceptors (Lipinski definition) is 2. The van der Waals surface area contributed by atoms with E-state index in [-0.39, 0.29) is 5.82 Å². The summed E-state index contributed by atoms with van der Waals surface area (Å²) in [5, 5.41) is 12.2. The third kappa shape index (κ3) is 3.06. The Bertz CT molecular complexity index is 680.